The fourth-order valence-electron chi connectivity index (χ4n) is 1.75. The summed E-state index contributed by atoms with van der Waals surface area (Å²) in [6, 6.07) is 6.06. The molecule has 5 heteroatoms. The molecule has 0 atom stereocenters. The standard InChI is InChI=1S/C14H20BrNO3/c1-19-13-6-5-11(10-12(13)15)7-9-16-8-3-2-4-14(17)18/h5-6,10,16H,2-4,7-9H2,1H3,(H,17,18). The predicted molar refractivity (Wildman–Crippen MR) is 78.8 cm³/mol. The second kappa shape index (κ2) is 8.93. The summed E-state index contributed by atoms with van der Waals surface area (Å²) >= 11 is 3.46. The number of carboxylic acids is 1. The number of carbonyl (C=O) groups is 1. The van der Waals surface area contributed by atoms with Crippen molar-refractivity contribution in [1.82, 2.24) is 5.32 Å². The molecule has 0 saturated carbocycles. The Hall–Kier alpha value is -1.07. The number of halogens is 1. The Morgan fingerprint density at radius 3 is 2.79 bits per heavy atom. The van der Waals surface area contributed by atoms with Crippen molar-refractivity contribution in [1.29, 1.82) is 0 Å². The number of nitrogens with one attached hydrogen (secondary N) is 1. The number of hydrogen-bond acceptors (Lipinski definition) is 3. The van der Waals surface area contributed by atoms with Crippen LogP contribution in [0.5, 0.6) is 5.75 Å². The van der Waals surface area contributed by atoms with Gasteiger partial charge in [-0.15, -0.1) is 0 Å². The molecule has 1 aromatic carbocycles. The Labute approximate surface area is 122 Å². The Bertz CT molecular complexity index is 410. The summed E-state index contributed by atoms with van der Waals surface area (Å²) in [5.41, 5.74) is 1.24. The van der Waals surface area contributed by atoms with Gasteiger partial charge in [-0.2, -0.15) is 0 Å². The molecule has 19 heavy (non-hydrogen) atoms. The van der Waals surface area contributed by atoms with Crippen LogP contribution in [0.3, 0.4) is 0 Å². The second-order valence-electron chi connectivity index (χ2n) is 4.32. The molecule has 106 valence electrons. The van der Waals surface area contributed by atoms with Gasteiger partial charge in [-0.25, -0.2) is 0 Å². The summed E-state index contributed by atoms with van der Waals surface area (Å²) in [4.78, 5) is 10.3. The maximum absolute atomic E-state index is 10.3. The van der Waals surface area contributed by atoms with Crippen LogP contribution in [0, 0.1) is 0 Å². The highest BCUT2D eigenvalue weighted by Gasteiger charge is 2.01. The van der Waals surface area contributed by atoms with Gasteiger partial charge in [0.1, 0.15) is 5.75 Å². The van der Waals surface area contributed by atoms with E-state index in [1.54, 1.807) is 7.11 Å². The predicted octanol–water partition coefficient (Wildman–Crippen LogP) is 2.84. The van der Waals surface area contributed by atoms with Crippen LogP contribution in [-0.2, 0) is 11.2 Å². The molecular formula is C14H20BrNO3. The van der Waals surface area contributed by atoms with E-state index in [0.717, 1.165) is 42.6 Å². The molecular weight excluding hydrogens is 310 g/mol. The summed E-state index contributed by atoms with van der Waals surface area (Å²) in [5.74, 6) is 0.119. The minimum absolute atomic E-state index is 0.257. The molecule has 0 spiro atoms. The molecule has 4 nitrogen and oxygen atoms in total. The minimum Gasteiger partial charge on any atom is -0.496 e. The fourth-order valence-corrected chi connectivity index (χ4v) is 2.34. The van der Waals surface area contributed by atoms with Gasteiger partial charge >= 0.3 is 5.97 Å². The number of aliphatic carboxylic acids is 1. The molecule has 1 aromatic rings. The summed E-state index contributed by atoms with van der Waals surface area (Å²) in [6.45, 7) is 1.76. The van der Waals surface area contributed by atoms with Gasteiger partial charge in [-0.05, 0) is 66.0 Å². The quantitative estimate of drug-likeness (QED) is 0.684. The van der Waals surface area contributed by atoms with Crippen molar-refractivity contribution < 1.29 is 14.6 Å². The number of carboxylic acid groups (broad SMARTS) is 1. The lowest BCUT2D eigenvalue weighted by atomic mass is 10.1. The third-order valence-electron chi connectivity index (χ3n) is 2.80. The number of hydrogen-bond donors (Lipinski definition) is 2. The van der Waals surface area contributed by atoms with Crippen molar-refractivity contribution in [3.8, 4) is 5.75 Å². The smallest absolute Gasteiger partial charge is 0.303 e. The van der Waals surface area contributed by atoms with Gasteiger partial charge in [0.05, 0.1) is 11.6 Å². The van der Waals surface area contributed by atoms with Crippen LogP contribution in [-0.4, -0.2) is 31.3 Å². The van der Waals surface area contributed by atoms with E-state index in [4.69, 9.17) is 9.84 Å². The van der Waals surface area contributed by atoms with Gasteiger partial charge in [-0.1, -0.05) is 6.07 Å². The van der Waals surface area contributed by atoms with Gasteiger partial charge in [-0.3, -0.25) is 4.79 Å². The normalized spacial score (nSPS) is 10.4. The van der Waals surface area contributed by atoms with Crippen LogP contribution in [0.15, 0.2) is 22.7 Å². The van der Waals surface area contributed by atoms with Gasteiger partial charge in [0.15, 0.2) is 0 Å². The lowest BCUT2D eigenvalue weighted by Crippen LogP contribution is -2.18. The van der Waals surface area contributed by atoms with Crippen molar-refractivity contribution in [2.75, 3.05) is 20.2 Å². The highest BCUT2D eigenvalue weighted by atomic mass is 79.9. The number of benzene rings is 1. The monoisotopic (exact) mass is 329 g/mol. The summed E-state index contributed by atoms with van der Waals surface area (Å²) in [5, 5.41) is 11.8. The molecule has 0 heterocycles. The van der Waals surface area contributed by atoms with Crippen LogP contribution in [0.25, 0.3) is 0 Å². The second-order valence-corrected chi connectivity index (χ2v) is 5.17. The first kappa shape index (κ1) is 16.0. The molecule has 0 aliphatic carbocycles. The van der Waals surface area contributed by atoms with E-state index in [1.807, 2.05) is 6.07 Å². The van der Waals surface area contributed by atoms with Gasteiger partial charge in [0.25, 0.3) is 0 Å². The molecule has 1 rings (SSSR count). The van der Waals surface area contributed by atoms with E-state index >= 15 is 0 Å². The zero-order valence-electron chi connectivity index (χ0n) is 11.1. The van der Waals surface area contributed by atoms with E-state index < -0.39 is 5.97 Å². The average molecular weight is 330 g/mol. The van der Waals surface area contributed by atoms with Gasteiger partial charge in [0, 0.05) is 6.42 Å². The first-order valence-corrected chi connectivity index (χ1v) is 7.17. The third kappa shape index (κ3) is 6.59. The number of methoxy groups -OCH3 is 1. The van der Waals surface area contributed by atoms with Crippen molar-refractivity contribution in [2.45, 2.75) is 25.7 Å². The Morgan fingerprint density at radius 1 is 1.37 bits per heavy atom. The minimum atomic E-state index is -0.719. The van der Waals surface area contributed by atoms with Crippen molar-refractivity contribution in [3.63, 3.8) is 0 Å². The number of rotatable bonds is 9. The molecule has 2 N–H and O–H groups in total. The maximum Gasteiger partial charge on any atom is 0.303 e. The first-order valence-electron chi connectivity index (χ1n) is 6.38. The van der Waals surface area contributed by atoms with Crippen molar-refractivity contribution in [2.24, 2.45) is 0 Å². The highest BCUT2D eigenvalue weighted by molar-refractivity contribution is 9.10. The summed E-state index contributed by atoms with van der Waals surface area (Å²) in [7, 11) is 1.65. The van der Waals surface area contributed by atoms with E-state index in [2.05, 4.69) is 33.4 Å². The molecule has 0 aliphatic heterocycles. The van der Waals surface area contributed by atoms with E-state index in [1.165, 1.54) is 5.56 Å². The van der Waals surface area contributed by atoms with Crippen LogP contribution in [0.4, 0.5) is 0 Å². The molecule has 0 radical (unpaired) electrons. The summed E-state index contributed by atoms with van der Waals surface area (Å²) in [6.07, 6.45) is 2.84. The Balaban J connectivity index is 2.15. The molecule has 0 saturated heterocycles. The van der Waals surface area contributed by atoms with Crippen LogP contribution in [0.1, 0.15) is 24.8 Å². The Kier molecular flexibility index (Phi) is 7.52. The largest absolute Gasteiger partial charge is 0.496 e. The van der Waals surface area contributed by atoms with E-state index in [-0.39, 0.29) is 6.42 Å². The van der Waals surface area contributed by atoms with E-state index in [0.29, 0.717) is 0 Å². The molecule has 0 fully saturated rings. The number of unbranched alkanes of at least 4 members (excludes halogenated alkanes) is 1. The van der Waals surface area contributed by atoms with E-state index in [9.17, 15) is 4.79 Å². The molecule has 0 aliphatic rings. The SMILES string of the molecule is COc1ccc(CCNCCCCC(=O)O)cc1Br. The number of ether oxygens (including phenoxy) is 1. The lowest BCUT2D eigenvalue weighted by molar-refractivity contribution is -0.137. The fraction of sp³-hybridized carbons (Fsp3) is 0.500. The molecule has 0 aromatic heterocycles. The average Bonchev–Trinajstić information content (AvgIpc) is 2.37. The van der Waals surface area contributed by atoms with Crippen molar-refractivity contribution >= 4 is 21.9 Å². The topological polar surface area (TPSA) is 58.6 Å². The zero-order chi connectivity index (χ0) is 14.1. The van der Waals surface area contributed by atoms with Crippen molar-refractivity contribution in [3.05, 3.63) is 28.2 Å². The van der Waals surface area contributed by atoms with Gasteiger partial charge in [0.2, 0.25) is 0 Å². The summed E-state index contributed by atoms with van der Waals surface area (Å²) < 4.78 is 6.15. The lowest BCUT2D eigenvalue weighted by Gasteiger charge is -2.07. The maximum atomic E-state index is 10.3. The Morgan fingerprint density at radius 2 is 2.16 bits per heavy atom. The van der Waals surface area contributed by atoms with Crippen LogP contribution in [0.2, 0.25) is 0 Å². The van der Waals surface area contributed by atoms with Crippen LogP contribution >= 0.6 is 15.9 Å². The van der Waals surface area contributed by atoms with Gasteiger partial charge < -0.3 is 15.2 Å². The first-order chi connectivity index (χ1) is 9.13. The third-order valence-corrected chi connectivity index (χ3v) is 3.42. The molecule has 0 bridgehead atoms. The molecule has 0 unspecified atom stereocenters. The zero-order valence-corrected chi connectivity index (χ0v) is 12.7. The molecule has 0 amide bonds. The highest BCUT2D eigenvalue weighted by Crippen LogP contribution is 2.25. The van der Waals surface area contributed by atoms with Crippen LogP contribution < -0.4 is 10.1 Å².